The zero-order valence-electron chi connectivity index (χ0n) is 17.3. The maximum Gasteiger partial charge on any atom is 0.256 e. The van der Waals surface area contributed by atoms with E-state index in [0.29, 0.717) is 19.1 Å². The number of nitrogens with zero attached hydrogens (tertiary/aromatic N) is 1. The van der Waals surface area contributed by atoms with E-state index in [2.05, 4.69) is 31.1 Å². The molecule has 2 atom stereocenters. The van der Waals surface area contributed by atoms with Gasteiger partial charge in [-0.25, -0.2) is 0 Å². The van der Waals surface area contributed by atoms with Gasteiger partial charge in [-0.3, -0.25) is 9.78 Å². The Labute approximate surface area is 167 Å². The van der Waals surface area contributed by atoms with Crippen LogP contribution in [0.2, 0.25) is 0 Å². The van der Waals surface area contributed by atoms with Crippen molar-refractivity contribution in [1.82, 2.24) is 4.98 Å². The normalized spacial score (nSPS) is 22.2. The molecule has 1 fully saturated rings. The van der Waals surface area contributed by atoms with E-state index in [4.69, 9.17) is 9.47 Å². The van der Waals surface area contributed by atoms with E-state index in [1.807, 2.05) is 24.3 Å². The Balaban J connectivity index is 1.89. The second-order valence-electron chi connectivity index (χ2n) is 7.86. The van der Waals surface area contributed by atoms with Gasteiger partial charge in [-0.2, -0.15) is 0 Å². The maximum atomic E-state index is 13.4. The monoisotopic (exact) mass is 384 g/mol. The lowest BCUT2D eigenvalue weighted by Gasteiger charge is -2.38. The number of nitrogens with one attached hydrogen (secondary N) is 1. The summed E-state index contributed by atoms with van der Waals surface area (Å²) in [6, 6.07) is 7.66. The van der Waals surface area contributed by atoms with Crippen molar-refractivity contribution in [1.29, 1.82) is 0 Å². The highest BCUT2D eigenvalue weighted by molar-refractivity contribution is 6.05. The van der Waals surface area contributed by atoms with Crippen LogP contribution in [-0.4, -0.2) is 29.7 Å². The first-order chi connectivity index (χ1) is 13.6. The highest BCUT2D eigenvalue weighted by atomic mass is 16.5. The minimum absolute atomic E-state index is 0.0418. The number of amides is 1. The van der Waals surface area contributed by atoms with Gasteiger partial charge in [0.2, 0.25) is 0 Å². The van der Waals surface area contributed by atoms with Crippen molar-refractivity contribution >= 4 is 22.5 Å². The van der Waals surface area contributed by atoms with Crippen molar-refractivity contribution in [3.05, 3.63) is 30.5 Å². The number of benzene rings is 1. The van der Waals surface area contributed by atoms with Crippen molar-refractivity contribution in [2.75, 3.05) is 18.5 Å². The fourth-order valence-corrected chi connectivity index (χ4v) is 4.02. The van der Waals surface area contributed by atoms with Crippen LogP contribution in [-0.2, 0) is 9.53 Å². The highest BCUT2D eigenvalue weighted by Crippen LogP contribution is 2.37. The van der Waals surface area contributed by atoms with Crippen molar-refractivity contribution in [2.24, 2.45) is 5.92 Å². The number of rotatable bonds is 8. The summed E-state index contributed by atoms with van der Waals surface area (Å²) in [6.45, 7) is 7.60. The third-order valence-corrected chi connectivity index (χ3v) is 5.39. The number of aromatic nitrogens is 1. The lowest BCUT2D eigenvalue weighted by Crippen LogP contribution is -2.48. The van der Waals surface area contributed by atoms with Gasteiger partial charge in [0.25, 0.3) is 5.91 Å². The van der Waals surface area contributed by atoms with E-state index in [1.165, 1.54) is 0 Å². The van der Waals surface area contributed by atoms with Gasteiger partial charge in [0.15, 0.2) is 0 Å². The Kier molecular flexibility index (Phi) is 6.89. The average molecular weight is 385 g/mol. The van der Waals surface area contributed by atoms with Crippen LogP contribution in [0.5, 0.6) is 5.75 Å². The van der Waals surface area contributed by atoms with Crippen molar-refractivity contribution in [2.45, 2.75) is 64.9 Å². The molecule has 1 saturated carbocycles. The molecule has 3 rings (SSSR count). The molecule has 5 heteroatoms. The molecule has 28 heavy (non-hydrogen) atoms. The number of carbonyl (C=O) groups excluding carboxylic acids is 1. The van der Waals surface area contributed by atoms with Gasteiger partial charge in [0.1, 0.15) is 16.9 Å². The first-order valence-corrected chi connectivity index (χ1v) is 10.6. The summed E-state index contributed by atoms with van der Waals surface area (Å²) < 4.78 is 12.0. The summed E-state index contributed by atoms with van der Waals surface area (Å²) in [5.74, 6) is 1.19. The number of ether oxygens (including phenoxy) is 2. The molecule has 1 N–H and O–H groups in total. The number of anilines is 1. The van der Waals surface area contributed by atoms with Crippen LogP contribution < -0.4 is 10.1 Å². The maximum absolute atomic E-state index is 13.4. The second-order valence-corrected chi connectivity index (χ2v) is 7.86. The molecule has 1 heterocycles. The van der Waals surface area contributed by atoms with Crippen LogP contribution in [0.4, 0.5) is 5.69 Å². The predicted molar refractivity (Wildman–Crippen MR) is 113 cm³/mol. The molecule has 0 unspecified atom stereocenters. The predicted octanol–water partition coefficient (Wildman–Crippen LogP) is 5.34. The molecule has 2 aromatic rings. The van der Waals surface area contributed by atoms with Crippen LogP contribution in [0.3, 0.4) is 0 Å². The van der Waals surface area contributed by atoms with Crippen LogP contribution in [0.25, 0.3) is 10.9 Å². The van der Waals surface area contributed by atoms with Crippen molar-refractivity contribution in [3.8, 4) is 5.75 Å². The molecule has 0 saturated heterocycles. The summed E-state index contributed by atoms with van der Waals surface area (Å²) in [4.78, 5) is 17.8. The Morgan fingerprint density at radius 3 is 2.82 bits per heavy atom. The Hall–Kier alpha value is -2.14. The second kappa shape index (κ2) is 9.37. The van der Waals surface area contributed by atoms with E-state index >= 15 is 0 Å². The summed E-state index contributed by atoms with van der Waals surface area (Å²) in [5, 5.41) is 4.04. The molecule has 152 valence electrons. The van der Waals surface area contributed by atoms with Crippen LogP contribution in [0.1, 0.15) is 59.3 Å². The molecule has 0 aliphatic heterocycles. The molecule has 1 aliphatic carbocycles. The fourth-order valence-electron chi connectivity index (χ4n) is 4.02. The number of carbonyl (C=O) groups is 1. The van der Waals surface area contributed by atoms with E-state index in [1.54, 1.807) is 6.20 Å². The van der Waals surface area contributed by atoms with E-state index in [0.717, 1.165) is 60.9 Å². The Bertz CT molecular complexity index is 808. The van der Waals surface area contributed by atoms with Gasteiger partial charge in [0, 0.05) is 18.2 Å². The molecule has 0 radical (unpaired) electrons. The number of fused-ring (bicyclic) bond motifs is 1. The van der Waals surface area contributed by atoms with Crippen molar-refractivity contribution in [3.63, 3.8) is 0 Å². The quantitative estimate of drug-likeness (QED) is 0.667. The minimum atomic E-state index is -0.737. The molecular formula is C23H32N2O3. The van der Waals surface area contributed by atoms with Gasteiger partial charge >= 0.3 is 0 Å². The fraction of sp³-hybridized carbons (Fsp3) is 0.565. The van der Waals surface area contributed by atoms with E-state index < -0.39 is 5.60 Å². The van der Waals surface area contributed by atoms with Crippen LogP contribution in [0.15, 0.2) is 30.5 Å². The molecule has 1 aromatic heterocycles. The van der Waals surface area contributed by atoms with Gasteiger partial charge in [-0.1, -0.05) is 27.2 Å². The van der Waals surface area contributed by atoms with Gasteiger partial charge in [-0.05, 0) is 62.3 Å². The molecule has 0 spiro atoms. The summed E-state index contributed by atoms with van der Waals surface area (Å²) in [5.41, 5.74) is 0.795. The van der Waals surface area contributed by atoms with E-state index in [-0.39, 0.29) is 5.91 Å². The van der Waals surface area contributed by atoms with Crippen molar-refractivity contribution < 1.29 is 14.3 Å². The number of hydrogen-bond acceptors (Lipinski definition) is 4. The number of hydrogen-bond donors (Lipinski definition) is 1. The highest BCUT2D eigenvalue weighted by Gasteiger charge is 2.42. The molecule has 0 bridgehead atoms. The summed E-state index contributed by atoms with van der Waals surface area (Å²) >= 11 is 0. The molecule has 1 aliphatic rings. The zero-order chi connectivity index (χ0) is 20.0. The SMILES string of the molecule is CCCOc1ccc(NC(=O)[C@@]2(OCCC)CCC[C@H](C)C2)c2cccnc12. The first kappa shape index (κ1) is 20.6. The van der Waals surface area contributed by atoms with Gasteiger partial charge < -0.3 is 14.8 Å². The lowest BCUT2D eigenvalue weighted by molar-refractivity contribution is -0.148. The van der Waals surface area contributed by atoms with Gasteiger partial charge in [0.05, 0.1) is 12.3 Å². The minimum Gasteiger partial charge on any atom is -0.491 e. The standard InChI is InChI=1S/C23H32N2O3/c1-4-14-27-20-11-10-19(18-9-7-13-24-21(18)20)25-22(26)23(28-15-5-2)12-6-8-17(3)16-23/h7,9-11,13,17H,4-6,8,12,14-16H2,1-3H3,(H,25,26)/t17-,23+/m0/s1. The lowest BCUT2D eigenvalue weighted by atomic mass is 9.78. The largest absolute Gasteiger partial charge is 0.491 e. The Morgan fingerprint density at radius 1 is 1.25 bits per heavy atom. The zero-order valence-corrected chi connectivity index (χ0v) is 17.3. The Morgan fingerprint density at radius 2 is 2.07 bits per heavy atom. The topological polar surface area (TPSA) is 60.5 Å². The third kappa shape index (κ3) is 4.46. The first-order valence-electron chi connectivity index (χ1n) is 10.6. The third-order valence-electron chi connectivity index (χ3n) is 5.39. The smallest absolute Gasteiger partial charge is 0.256 e. The molecular weight excluding hydrogens is 352 g/mol. The molecule has 5 nitrogen and oxygen atoms in total. The summed E-state index contributed by atoms with van der Waals surface area (Å²) in [7, 11) is 0. The molecule has 1 aromatic carbocycles. The van der Waals surface area contributed by atoms with Gasteiger partial charge in [-0.15, -0.1) is 0 Å². The number of pyridine rings is 1. The van der Waals surface area contributed by atoms with E-state index in [9.17, 15) is 4.79 Å². The summed E-state index contributed by atoms with van der Waals surface area (Å²) in [6.07, 6.45) is 7.30. The molecule has 1 amide bonds. The van der Waals surface area contributed by atoms with Crippen LogP contribution in [0, 0.1) is 5.92 Å². The average Bonchev–Trinajstić information content (AvgIpc) is 2.71. The van der Waals surface area contributed by atoms with Crippen LogP contribution >= 0.6 is 0 Å².